The summed E-state index contributed by atoms with van der Waals surface area (Å²) in [5.74, 6) is 0. The van der Waals surface area contributed by atoms with Crippen LogP contribution in [0.25, 0.3) is 0 Å². The van der Waals surface area contributed by atoms with Gasteiger partial charge in [-0.1, -0.05) is 13.7 Å². The summed E-state index contributed by atoms with van der Waals surface area (Å²) in [7, 11) is 2.05. The highest BCUT2D eigenvalue weighted by Crippen LogP contribution is 1.88. The molecule has 0 fully saturated rings. The lowest BCUT2D eigenvalue weighted by atomic mass is 9.97. The summed E-state index contributed by atoms with van der Waals surface area (Å²) in [5.41, 5.74) is 3.21. The van der Waals surface area contributed by atoms with Crippen LogP contribution in [-0.4, -0.2) is 24.9 Å². The van der Waals surface area contributed by atoms with Gasteiger partial charge in [-0.25, -0.2) is 0 Å². The topological polar surface area (TPSA) is 15.3 Å². The standard InChI is InChI=1S/C6H16BN2/c1-5-8-9(7-4)6(2)3/h6,8H,5H2,1-4H3. The fraction of sp³-hybridized carbons (Fsp3) is 1.00. The second kappa shape index (κ2) is 4.83. The highest BCUT2D eigenvalue weighted by atomic mass is 15.5. The predicted octanol–water partition coefficient (Wildman–Crippen LogP) is 0.889. The molecule has 0 aromatic heterocycles. The Hall–Kier alpha value is -0.0151. The minimum Gasteiger partial charge on any atom is -0.288 e. The van der Waals surface area contributed by atoms with Crippen molar-refractivity contribution in [2.24, 2.45) is 0 Å². The summed E-state index contributed by atoms with van der Waals surface area (Å²) in [6, 6.07) is 0.551. The Morgan fingerprint density at radius 3 is 2.22 bits per heavy atom. The molecular weight excluding hydrogens is 111 g/mol. The summed E-state index contributed by atoms with van der Waals surface area (Å²) in [5, 5.41) is 0. The molecule has 0 saturated heterocycles. The average Bonchev–Trinajstić information content (AvgIpc) is 1.82. The molecule has 0 rings (SSSR count). The average molecular weight is 127 g/mol. The number of hydrogen-bond acceptors (Lipinski definition) is 2. The fourth-order valence-electron chi connectivity index (χ4n) is 0.755. The van der Waals surface area contributed by atoms with Crippen LogP contribution in [0.1, 0.15) is 20.8 Å². The molecule has 1 N–H and O–H groups in total. The normalized spacial score (nSPS) is 10.9. The lowest BCUT2D eigenvalue weighted by Gasteiger charge is -2.24. The molecule has 53 valence electrons. The van der Waals surface area contributed by atoms with E-state index in [0.717, 1.165) is 6.54 Å². The third kappa shape index (κ3) is 3.54. The van der Waals surface area contributed by atoms with Gasteiger partial charge in [-0.05, 0) is 13.8 Å². The van der Waals surface area contributed by atoms with E-state index in [1.54, 1.807) is 0 Å². The van der Waals surface area contributed by atoms with Gasteiger partial charge in [-0.2, -0.15) is 0 Å². The van der Waals surface area contributed by atoms with Crippen LogP contribution >= 0.6 is 0 Å². The van der Waals surface area contributed by atoms with Crippen molar-refractivity contribution in [2.45, 2.75) is 33.6 Å². The lowest BCUT2D eigenvalue weighted by molar-refractivity contribution is 0.282. The summed E-state index contributed by atoms with van der Waals surface area (Å²) < 4.78 is 0. The van der Waals surface area contributed by atoms with Gasteiger partial charge in [0.05, 0.1) is 0 Å². The fourth-order valence-corrected chi connectivity index (χ4v) is 0.755. The van der Waals surface area contributed by atoms with Gasteiger partial charge in [-0.15, -0.1) is 0 Å². The molecule has 0 aliphatic rings. The van der Waals surface area contributed by atoms with Crippen molar-refractivity contribution in [3.05, 3.63) is 0 Å². The molecule has 0 saturated carbocycles. The summed E-state index contributed by atoms with van der Waals surface area (Å²) in [4.78, 5) is 2.10. The third-order valence-electron chi connectivity index (χ3n) is 1.18. The van der Waals surface area contributed by atoms with Gasteiger partial charge < -0.3 is 0 Å². The van der Waals surface area contributed by atoms with Crippen LogP contribution in [0.15, 0.2) is 0 Å². The molecule has 0 heterocycles. The van der Waals surface area contributed by atoms with Gasteiger partial charge in [0.15, 0.2) is 0 Å². The van der Waals surface area contributed by atoms with Crippen LogP contribution in [0, 0.1) is 0 Å². The maximum absolute atomic E-state index is 3.21. The van der Waals surface area contributed by atoms with Crippen molar-refractivity contribution in [3.63, 3.8) is 0 Å². The van der Waals surface area contributed by atoms with Crippen LogP contribution in [0.2, 0.25) is 6.82 Å². The quantitative estimate of drug-likeness (QED) is 0.445. The van der Waals surface area contributed by atoms with Gasteiger partial charge in [0.25, 0.3) is 0 Å². The van der Waals surface area contributed by atoms with Crippen molar-refractivity contribution in [1.29, 1.82) is 0 Å². The van der Waals surface area contributed by atoms with E-state index in [1.165, 1.54) is 0 Å². The largest absolute Gasteiger partial charge is 0.288 e. The number of nitrogens with zero attached hydrogens (tertiary/aromatic N) is 1. The first-order valence-electron chi connectivity index (χ1n) is 3.53. The number of hydrogen-bond donors (Lipinski definition) is 1. The van der Waals surface area contributed by atoms with Crippen LogP contribution in [0.3, 0.4) is 0 Å². The highest BCUT2D eigenvalue weighted by molar-refractivity contribution is 6.29. The molecule has 1 radical (unpaired) electrons. The first-order valence-corrected chi connectivity index (χ1v) is 3.53. The molecule has 0 spiro atoms. The zero-order chi connectivity index (χ0) is 7.28. The van der Waals surface area contributed by atoms with Gasteiger partial charge in [-0.3, -0.25) is 10.3 Å². The molecule has 3 heteroatoms. The minimum atomic E-state index is 0.551. The van der Waals surface area contributed by atoms with Gasteiger partial charge in [0, 0.05) is 12.6 Å². The van der Waals surface area contributed by atoms with E-state index >= 15 is 0 Å². The summed E-state index contributed by atoms with van der Waals surface area (Å²) in [6.45, 7) is 9.43. The second-order valence-corrected chi connectivity index (χ2v) is 2.27. The highest BCUT2D eigenvalue weighted by Gasteiger charge is 2.03. The maximum Gasteiger partial charge on any atom is 0.227 e. The first-order chi connectivity index (χ1) is 4.22. The Morgan fingerprint density at radius 2 is 2.11 bits per heavy atom. The molecule has 0 amide bonds. The van der Waals surface area contributed by atoms with E-state index in [2.05, 4.69) is 31.1 Å². The lowest BCUT2D eigenvalue weighted by Crippen LogP contribution is -2.44. The predicted molar refractivity (Wildman–Crippen MR) is 42.3 cm³/mol. The Bertz CT molecular complexity index is 66.1. The Labute approximate surface area is 58.9 Å². The molecule has 0 bridgehead atoms. The van der Waals surface area contributed by atoms with Crippen LogP contribution in [0.5, 0.6) is 0 Å². The van der Waals surface area contributed by atoms with Gasteiger partial charge in [0.1, 0.15) is 0 Å². The molecule has 0 aromatic rings. The molecule has 0 aliphatic heterocycles. The third-order valence-corrected chi connectivity index (χ3v) is 1.18. The SMILES string of the molecule is C[B]N(NCC)C(C)C. The second-order valence-electron chi connectivity index (χ2n) is 2.27. The first kappa shape index (κ1) is 8.98. The minimum absolute atomic E-state index is 0.551. The molecule has 0 aliphatic carbocycles. The summed E-state index contributed by atoms with van der Waals surface area (Å²) in [6.07, 6.45) is 0. The monoisotopic (exact) mass is 127 g/mol. The van der Waals surface area contributed by atoms with E-state index in [1.807, 2.05) is 14.2 Å². The molecular formula is C6H16BN2. The van der Waals surface area contributed by atoms with E-state index < -0.39 is 0 Å². The smallest absolute Gasteiger partial charge is 0.227 e. The number of nitrogens with one attached hydrogen (secondary N) is 1. The van der Waals surface area contributed by atoms with Crippen molar-refractivity contribution in [2.75, 3.05) is 6.54 Å². The van der Waals surface area contributed by atoms with E-state index in [9.17, 15) is 0 Å². The number of hydrazine groups is 1. The molecule has 0 unspecified atom stereocenters. The van der Waals surface area contributed by atoms with E-state index in [-0.39, 0.29) is 0 Å². The van der Waals surface area contributed by atoms with E-state index in [4.69, 9.17) is 0 Å². The van der Waals surface area contributed by atoms with Gasteiger partial charge in [0.2, 0.25) is 7.41 Å². The van der Waals surface area contributed by atoms with Crippen molar-refractivity contribution in [1.82, 2.24) is 10.3 Å². The van der Waals surface area contributed by atoms with Crippen LogP contribution in [-0.2, 0) is 0 Å². The van der Waals surface area contributed by atoms with Crippen molar-refractivity contribution < 1.29 is 0 Å². The zero-order valence-corrected chi connectivity index (χ0v) is 6.81. The van der Waals surface area contributed by atoms with Crippen LogP contribution in [0.4, 0.5) is 0 Å². The summed E-state index contributed by atoms with van der Waals surface area (Å²) >= 11 is 0. The maximum atomic E-state index is 3.21. The Morgan fingerprint density at radius 1 is 1.56 bits per heavy atom. The number of rotatable bonds is 4. The molecule has 0 atom stereocenters. The van der Waals surface area contributed by atoms with Crippen molar-refractivity contribution in [3.8, 4) is 0 Å². The Kier molecular flexibility index (Phi) is 4.82. The molecule has 2 nitrogen and oxygen atoms in total. The molecule has 9 heavy (non-hydrogen) atoms. The zero-order valence-electron chi connectivity index (χ0n) is 6.81. The van der Waals surface area contributed by atoms with Crippen molar-refractivity contribution >= 4 is 7.41 Å². The van der Waals surface area contributed by atoms with Crippen LogP contribution < -0.4 is 5.43 Å². The van der Waals surface area contributed by atoms with Gasteiger partial charge >= 0.3 is 0 Å². The molecule has 0 aromatic carbocycles. The Balaban J connectivity index is 3.41. The van der Waals surface area contributed by atoms with E-state index in [0.29, 0.717) is 6.04 Å².